The van der Waals surface area contributed by atoms with Gasteiger partial charge in [0.2, 0.25) is 0 Å². The Bertz CT molecular complexity index is 813. The molecule has 3 rings (SSSR count). The summed E-state index contributed by atoms with van der Waals surface area (Å²) in [7, 11) is 0. The van der Waals surface area contributed by atoms with Crippen LogP contribution in [0.5, 0.6) is 0 Å². The van der Waals surface area contributed by atoms with Crippen LogP contribution in [0, 0.1) is 0 Å². The van der Waals surface area contributed by atoms with E-state index in [4.69, 9.17) is 0 Å². The third kappa shape index (κ3) is 3.46. The van der Waals surface area contributed by atoms with Crippen LogP contribution in [0.15, 0.2) is 72.1 Å². The highest BCUT2D eigenvalue weighted by molar-refractivity contribution is 7.12. The maximum atomic E-state index is 12.3. The maximum absolute atomic E-state index is 12.3. The van der Waals surface area contributed by atoms with Gasteiger partial charge in [0.15, 0.2) is 0 Å². The Balaban J connectivity index is 1.70. The fraction of sp³-hybridized carbons (Fsp3) is 0. The van der Waals surface area contributed by atoms with Crippen molar-refractivity contribution in [3.8, 4) is 11.1 Å². The van der Waals surface area contributed by atoms with Gasteiger partial charge in [0.25, 0.3) is 11.8 Å². The molecular weight excluding hydrogens is 308 g/mol. The van der Waals surface area contributed by atoms with Crippen LogP contribution in [0.1, 0.15) is 20.0 Å². The van der Waals surface area contributed by atoms with Gasteiger partial charge in [-0.25, -0.2) is 0 Å². The van der Waals surface area contributed by atoms with E-state index in [0.717, 1.165) is 11.1 Å². The van der Waals surface area contributed by atoms with Gasteiger partial charge in [-0.15, -0.1) is 11.3 Å². The molecule has 1 heterocycles. The monoisotopic (exact) mass is 322 g/mol. The van der Waals surface area contributed by atoms with Crippen LogP contribution in [0.3, 0.4) is 0 Å². The number of rotatable bonds is 3. The molecule has 0 unspecified atom stereocenters. The molecule has 2 N–H and O–H groups in total. The van der Waals surface area contributed by atoms with E-state index in [2.05, 4.69) is 10.9 Å². The van der Waals surface area contributed by atoms with Crippen LogP contribution in [-0.2, 0) is 0 Å². The van der Waals surface area contributed by atoms with Gasteiger partial charge in [-0.3, -0.25) is 20.4 Å². The Morgan fingerprint density at radius 3 is 2.04 bits per heavy atom. The Labute approximate surface area is 137 Å². The van der Waals surface area contributed by atoms with Crippen molar-refractivity contribution in [2.75, 3.05) is 0 Å². The lowest BCUT2D eigenvalue weighted by atomic mass is 10.1. The molecule has 2 amide bonds. The minimum Gasteiger partial charge on any atom is -0.267 e. The van der Waals surface area contributed by atoms with Crippen LogP contribution in [0.2, 0.25) is 0 Å². The number of benzene rings is 2. The topological polar surface area (TPSA) is 58.2 Å². The summed E-state index contributed by atoms with van der Waals surface area (Å²) < 4.78 is 0. The molecule has 0 spiro atoms. The number of carbonyl (C=O) groups is 2. The molecule has 0 aliphatic rings. The Morgan fingerprint density at radius 1 is 0.739 bits per heavy atom. The predicted molar refractivity (Wildman–Crippen MR) is 91.1 cm³/mol. The molecule has 0 bridgehead atoms. The Morgan fingerprint density at radius 2 is 1.35 bits per heavy atom. The van der Waals surface area contributed by atoms with Crippen molar-refractivity contribution in [1.29, 1.82) is 0 Å². The lowest BCUT2D eigenvalue weighted by Gasteiger charge is -2.08. The number of hydrogen-bond acceptors (Lipinski definition) is 3. The van der Waals surface area contributed by atoms with Crippen LogP contribution < -0.4 is 10.9 Å². The summed E-state index contributed by atoms with van der Waals surface area (Å²) in [6.07, 6.45) is 0. The van der Waals surface area contributed by atoms with E-state index in [9.17, 15) is 9.59 Å². The molecule has 0 aliphatic heterocycles. The van der Waals surface area contributed by atoms with Crippen LogP contribution in [-0.4, -0.2) is 11.8 Å². The lowest BCUT2D eigenvalue weighted by Crippen LogP contribution is -2.41. The first-order valence-electron chi connectivity index (χ1n) is 7.04. The van der Waals surface area contributed by atoms with Crippen LogP contribution >= 0.6 is 11.3 Å². The molecule has 23 heavy (non-hydrogen) atoms. The number of hydrogen-bond donors (Lipinski definition) is 2. The lowest BCUT2D eigenvalue weighted by molar-refractivity contribution is 0.0849. The van der Waals surface area contributed by atoms with Crippen molar-refractivity contribution >= 4 is 23.2 Å². The Kier molecular flexibility index (Phi) is 4.49. The average Bonchev–Trinajstić information content (AvgIpc) is 3.11. The molecule has 4 nitrogen and oxygen atoms in total. The number of thiophene rings is 1. The SMILES string of the molecule is O=C(NNC(=O)c1sccc1-c1ccccc1)c1ccccc1. The van der Waals surface area contributed by atoms with Crippen molar-refractivity contribution in [3.05, 3.63) is 82.6 Å². The molecule has 0 fully saturated rings. The second-order valence-corrected chi connectivity index (χ2v) is 5.72. The van der Waals surface area contributed by atoms with Gasteiger partial charge in [-0.05, 0) is 29.1 Å². The normalized spacial score (nSPS) is 10.1. The zero-order valence-corrected chi connectivity index (χ0v) is 13.0. The van der Waals surface area contributed by atoms with Crippen LogP contribution in [0.4, 0.5) is 0 Å². The first-order valence-corrected chi connectivity index (χ1v) is 7.92. The third-order valence-corrected chi connectivity index (χ3v) is 4.19. The van der Waals surface area contributed by atoms with Gasteiger partial charge in [0.05, 0.1) is 0 Å². The summed E-state index contributed by atoms with van der Waals surface area (Å²) >= 11 is 1.34. The molecule has 114 valence electrons. The molecule has 2 aromatic carbocycles. The second kappa shape index (κ2) is 6.89. The highest BCUT2D eigenvalue weighted by Crippen LogP contribution is 2.27. The molecule has 0 saturated heterocycles. The van der Waals surface area contributed by atoms with E-state index >= 15 is 0 Å². The summed E-state index contributed by atoms with van der Waals surface area (Å²) in [5.41, 5.74) is 7.20. The summed E-state index contributed by atoms with van der Waals surface area (Å²) in [6.45, 7) is 0. The molecule has 3 aromatic rings. The first-order chi connectivity index (χ1) is 11.3. The summed E-state index contributed by atoms with van der Waals surface area (Å²) in [6, 6.07) is 20.3. The zero-order chi connectivity index (χ0) is 16.1. The second-order valence-electron chi connectivity index (χ2n) is 4.80. The van der Waals surface area contributed by atoms with Crippen molar-refractivity contribution in [2.45, 2.75) is 0 Å². The highest BCUT2D eigenvalue weighted by Gasteiger charge is 2.15. The van der Waals surface area contributed by atoms with E-state index in [1.54, 1.807) is 24.3 Å². The van der Waals surface area contributed by atoms with Crippen molar-refractivity contribution in [1.82, 2.24) is 10.9 Å². The van der Waals surface area contributed by atoms with Gasteiger partial charge in [0.1, 0.15) is 4.88 Å². The predicted octanol–water partition coefficient (Wildman–Crippen LogP) is 3.49. The molecule has 1 aromatic heterocycles. The fourth-order valence-corrected chi connectivity index (χ4v) is 2.97. The molecule has 0 saturated carbocycles. The summed E-state index contributed by atoms with van der Waals surface area (Å²) in [5, 5.41) is 1.86. The molecule has 5 heteroatoms. The quantitative estimate of drug-likeness (QED) is 0.725. The maximum Gasteiger partial charge on any atom is 0.280 e. The van der Waals surface area contributed by atoms with E-state index in [0.29, 0.717) is 10.4 Å². The van der Waals surface area contributed by atoms with Gasteiger partial charge in [-0.1, -0.05) is 48.5 Å². The molecule has 0 radical (unpaired) electrons. The van der Waals surface area contributed by atoms with E-state index in [-0.39, 0.29) is 11.8 Å². The van der Waals surface area contributed by atoms with Crippen LogP contribution in [0.25, 0.3) is 11.1 Å². The average molecular weight is 322 g/mol. The number of nitrogens with one attached hydrogen (secondary N) is 2. The minimum absolute atomic E-state index is 0.330. The summed E-state index contributed by atoms with van der Waals surface area (Å²) in [4.78, 5) is 24.8. The summed E-state index contributed by atoms with van der Waals surface area (Å²) in [5.74, 6) is -0.681. The van der Waals surface area contributed by atoms with Crippen molar-refractivity contribution in [3.63, 3.8) is 0 Å². The number of carbonyl (C=O) groups excluding carboxylic acids is 2. The molecule has 0 aliphatic carbocycles. The van der Waals surface area contributed by atoms with E-state index in [1.165, 1.54) is 11.3 Å². The smallest absolute Gasteiger partial charge is 0.267 e. The van der Waals surface area contributed by atoms with Gasteiger partial charge in [0, 0.05) is 11.1 Å². The molecular formula is C18H14N2O2S. The minimum atomic E-state index is -0.350. The number of amides is 2. The molecule has 0 atom stereocenters. The van der Waals surface area contributed by atoms with Crippen molar-refractivity contribution < 1.29 is 9.59 Å². The Hall–Kier alpha value is -2.92. The van der Waals surface area contributed by atoms with Crippen molar-refractivity contribution in [2.24, 2.45) is 0 Å². The van der Waals surface area contributed by atoms with E-state index in [1.807, 2.05) is 47.8 Å². The highest BCUT2D eigenvalue weighted by atomic mass is 32.1. The van der Waals surface area contributed by atoms with Gasteiger partial charge < -0.3 is 0 Å². The van der Waals surface area contributed by atoms with Gasteiger partial charge in [-0.2, -0.15) is 0 Å². The first kappa shape index (κ1) is 15.0. The number of hydrazine groups is 1. The van der Waals surface area contributed by atoms with E-state index < -0.39 is 0 Å². The van der Waals surface area contributed by atoms with Gasteiger partial charge >= 0.3 is 0 Å². The standard InChI is InChI=1S/C18H14N2O2S/c21-17(14-9-5-2-6-10-14)19-20-18(22)16-15(11-12-23-16)13-7-3-1-4-8-13/h1-12H,(H,19,21)(H,20,22). The fourth-order valence-electron chi connectivity index (χ4n) is 2.16. The zero-order valence-electron chi connectivity index (χ0n) is 12.2. The third-order valence-electron chi connectivity index (χ3n) is 3.28. The largest absolute Gasteiger partial charge is 0.280 e.